The van der Waals surface area contributed by atoms with Gasteiger partial charge in [-0.05, 0) is 37.8 Å². The van der Waals surface area contributed by atoms with Crippen molar-refractivity contribution >= 4 is 0 Å². The zero-order chi connectivity index (χ0) is 9.64. The molecular formula is C12H17NO. The van der Waals surface area contributed by atoms with Gasteiger partial charge in [0.1, 0.15) is 0 Å². The molecule has 1 heterocycles. The smallest absolute Gasteiger partial charge is 0.0947 e. The van der Waals surface area contributed by atoms with Gasteiger partial charge in [-0.3, -0.25) is 0 Å². The summed E-state index contributed by atoms with van der Waals surface area (Å²) in [5.41, 5.74) is 1.23. The normalized spacial score (nSPS) is 21.3. The van der Waals surface area contributed by atoms with Crippen LogP contribution in [0.2, 0.25) is 0 Å². The molecule has 0 radical (unpaired) electrons. The number of hydrogen-bond donors (Lipinski definition) is 1. The molecule has 0 spiro atoms. The molecule has 1 aromatic rings. The van der Waals surface area contributed by atoms with Gasteiger partial charge in [-0.15, -0.1) is 0 Å². The van der Waals surface area contributed by atoms with E-state index in [9.17, 15) is 0 Å². The van der Waals surface area contributed by atoms with Crippen LogP contribution in [0.5, 0.6) is 0 Å². The molecule has 1 aliphatic carbocycles. The second-order valence-corrected chi connectivity index (χ2v) is 3.91. The molecule has 0 saturated heterocycles. The SMILES string of the molecule is C1=CCC(CNCc2ccoc2)CC1. The van der Waals surface area contributed by atoms with Gasteiger partial charge >= 0.3 is 0 Å². The van der Waals surface area contributed by atoms with Crippen LogP contribution in [0.15, 0.2) is 35.2 Å². The highest BCUT2D eigenvalue weighted by Gasteiger charge is 2.08. The van der Waals surface area contributed by atoms with Crippen molar-refractivity contribution in [2.75, 3.05) is 6.54 Å². The van der Waals surface area contributed by atoms with Crippen LogP contribution in [0.1, 0.15) is 24.8 Å². The van der Waals surface area contributed by atoms with Crippen molar-refractivity contribution in [3.05, 3.63) is 36.3 Å². The van der Waals surface area contributed by atoms with Crippen LogP contribution in [-0.2, 0) is 6.54 Å². The highest BCUT2D eigenvalue weighted by atomic mass is 16.3. The number of rotatable bonds is 4. The van der Waals surface area contributed by atoms with Gasteiger partial charge in [-0.25, -0.2) is 0 Å². The number of furan rings is 1. The van der Waals surface area contributed by atoms with Crippen LogP contribution in [0, 0.1) is 5.92 Å². The Labute approximate surface area is 85.0 Å². The van der Waals surface area contributed by atoms with Crippen molar-refractivity contribution in [3.63, 3.8) is 0 Å². The van der Waals surface area contributed by atoms with E-state index in [2.05, 4.69) is 17.5 Å². The summed E-state index contributed by atoms with van der Waals surface area (Å²) in [4.78, 5) is 0. The van der Waals surface area contributed by atoms with Crippen molar-refractivity contribution < 1.29 is 4.42 Å². The molecule has 0 amide bonds. The fourth-order valence-electron chi connectivity index (χ4n) is 1.86. The van der Waals surface area contributed by atoms with E-state index in [1.54, 1.807) is 12.5 Å². The molecule has 2 heteroatoms. The van der Waals surface area contributed by atoms with E-state index in [0.717, 1.165) is 19.0 Å². The fraction of sp³-hybridized carbons (Fsp3) is 0.500. The average Bonchev–Trinajstić information content (AvgIpc) is 2.72. The molecule has 0 aromatic carbocycles. The monoisotopic (exact) mass is 191 g/mol. The quantitative estimate of drug-likeness (QED) is 0.740. The van der Waals surface area contributed by atoms with Crippen molar-refractivity contribution in [2.24, 2.45) is 5.92 Å². The van der Waals surface area contributed by atoms with Crippen LogP contribution in [-0.4, -0.2) is 6.54 Å². The van der Waals surface area contributed by atoms with E-state index in [0.29, 0.717) is 0 Å². The highest BCUT2D eigenvalue weighted by molar-refractivity contribution is 5.04. The van der Waals surface area contributed by atoms with Crippen LogP contribution >= 0.6 is 0 Å². The molecule has 0 saturated carbocycles. The van der Waals surface area contributed by atoms with Gasteiger partial charge in [0, 0.05) is 12.1 Å². The van der Waals surface area contributed by atoms with Crippen molar-refractivity contribution in [1.29, 1.82) is 0 Å². The summed E-state index contributed by atoms with van der Waals surface area (Å²) in [6, 6.07) is 2.01. The maximum Gasteiger partial charge on any atom is 0.0947 e. The van der Waals surface area contributed by atoms with Crippen molar-refractivity contribution in [2.45, 2.75) is 25.8 Å². The summed E-state index contributed by atoms with van der Waals surface area (Å²) in [7, 11) is 0. The maximum absolute atomic E-state index is 5.01. The minimum atomic E-state index is 0.826. The molecule has 0 aliphatic heterocycles. The summed E-state index contributed by atoms with van der Waals surface area (Å²) in [5, 5.41) is 3.46. The van der Waals surface area contributed by atoms with Crippen LogP contribution in [0.25, 0.3) is 0 Å². The molecule has 2 rings (SSSR count). The van der Waals surface area contributed by atoms with E-state index < -0.39 is 0 Å². The minimum Gasteiger partial charge on any atom is -0.472 e. The Hall–Kier alpha value is -1.02. The van der Waals surface area contributed by atoms with Gasteiger partial charge < -0.3 is 9.73 Å². The summed E-state index contributed by atoms with van der Waals surface area (Å²) >= 11 is 0. The van der Waals surface area contributed by atoms with Crippen LogP contribution in [0.4, 0.5) is 0 Å². The van der Waals surface area contributed by atoms with E-state index in [-0.39, 0.29) is 0 Å². The van der Waals surface area contributed by atoms with E-state index >= 15 is 0 Å². The Morgan fingerprint density at radius 1 is 1.43 bits per heavy atom. The van der Waals surface area contributed by atoms with Crippen LogP contribution in [0.3, 0.4) is 0 Å². The van der Waals surface area contributed by atoms with Gasteiger partial charge in [0.2, 0.25) is 0 Å². The predicted octanol–water partition coefficient (Wildman–Crippen LogP) is 2.73. The zero-order valence-corrected chi connectivity index (χ0v) is 8.41. The molecule has 1 atom stereocenters. The molecule has 0 bridgehead atoms. The van der Waals surface area contributed by atoms with Gasteiger partial charge in [0.05, 0.1) is 12.5 Å². The number of nitrogens with one attached hydrogen (secondary N) is 1. The second-order valence-electron chi connectivity index (χ2n) is 3.91. The summed E-state index contributed by atoms with van der Waals surface area (Å²) in [6.45, 7) is 2.05. The summed E-state index contributed by atoms with van der Waals surface area (Å²) in [6.07, 6.45) is 11.9. The minimum absolute atomic E-state index is 0.826. The first-order chi connectivity index (χ1) is 6.95. The van der Waals surface area contributed by atoms with Gasteiger partial charge in [-0.2, -0.15) is 0 Å². The Bertz CT molecular complexity index is 277. The third-order valence-electron chi connectivity index (χ3n) is 2.72. The van der Waals surface area contributed by atoms with E-state index in [1.165, 1.54) is 24.8 Å². The fourth-order valence-corrected chi connectivity index (χ4v) is 1.86. The Balaban J connectivity index is 1.65. The summed E-state index contributed by atoms with van der Waals surface area (Å²) < 4.78 is 5.01. The Morgan fingerprint density at radius 3 is 3.14 bits per heavy atom. The first-order valence-electron chi connectivity index (χ1n) is 5.32. The molecule has 1 aliphatic rings. The first-order valence-corrected chi connectivity index (χ1v) is 5.32. The van der Waals surface area contributed by atoms with Crippen molar-refractivity contribution in [1.82, 2.24) is 5.32 Å². The third kappa shape index (κ3) is 2.74. The lowest BCUT2D eigenvalue weighted by atomic mass is 9.94. The average molecular weight is 191 g/mol. The standard InChI is InChI=1S/C12H17NO/c1-2-4-11(5-3-1)8-13-9-12-6-7-14-10-12/h1-2,6-7,10-11,13H,3-5,8-9H2. The molecule has 1 unspecified atom stereocenters. The lowest BCUT2D eigenvalue weighted by molar-refractivity contribution is 0.439. The molecular weight excluding hydrogens is 174 g/mol. The number of allylic oxidation sites excluding steroid dienone is 2. The first kappa shape index (κ1) is 9.53. The molecule has 1 aromatic heterocycles. The zero-order valence-electron chi connectivity index (χ0n) is 8.41. The maximum atomic E-state index is 5.01. The van der Waals surface area contributed by atoms with Gasteiger partial charge in [0.15, 0.2) is 0 Å². The predicted molar refractivity (Wildman–Crippen MR) is 56.9 cm³/mol. The van der Waals surface area contributed by atoms with Crippen LogP contribution < -0.4 is 5.32 Å². The molecule has 2 nitrogen and oxygen atoms in total. The lowest BCUT2D eigenvalue weighted by Crippen LogP contribution is -2.22. The molecule has 14 heavy (non-hydrogen) atoms. The molecule has 76 valence electrons. The Kier molecular flexibility index (Phi) is 3.41. The molecule has 1 N–H and O–H groups in total. The van der Waals surface area contributed by atoms with Gasteiger partial charge in [-0.1, -0.05) is 12.2 Å². The van der Waals surface area contributed by atoms with Gasteiger partial charge in [0.25, 0.3) is 0 Å². The lowest BCUT2D eigenvalue weighted by Gasteiger charge is -2.17. The van der Waals surface area contributed by atoms with E-state index in [4.69, 9.17) is 4.42 Å². The van der Waals surface area contributed by atoms with E-state index in [1.807, 2.05) is 6.07 Å². The largest absolute Gasteiger partial charge is 0.472 e. The number of hydrogen-bond acceptors (Lipinski definition) is 2. The Morgan fingerprint density at radius 2 is 2.43 bits per heavy atom. The third-order valence-corrected chi connectivity index (χ3v) is 2.72. The highest BCUT2D eigenvalue weighted by Crippen LogP contribution is 2.16. The second kappa shape index (κ2) is 5.01. The summed E-state index contributed by atoms with van der Waals surface area (Å²) in [5.74, 6) is 0.826. The topological polar surface area (TPSA) is 25.2 Å². The van der Waals surface area contributed by atoms with Crippen molar-refractivity contribution in [3.8, 4) is 0 Å². The molecule has 0 fully saturated rings.